The van der Waals surface area contributed by atoms with E-state index < -0.39 is 6.03 Å². The van der Waals surface area contributed by atoms with E-state index in [1.165, 1.54) is 17.3 Å². The molecule has 1 fully saturated rings. The molecule has 5 rings (SSSR count). The van der Waals surface area contributed by atoms with Crippen molar-refractivity contribution < 1.29 is 14.3 Å². The molecule has 4 aromatic rings. The van der Waals surface area contributed by atoms with Gasteiger partial charge in [0.15, 0.2) is 0 Å². The number of anilines is 6. The molecule has 3 aromatic carbocycles. The van der Waals surface area contributed by atoms with E-state index in [0.29, 0.717) is 35.3 Å². The first-order valence-electron chi connectivity index (χ1n) is 14.9. The van der Waals surface area contributed by atoms with Gasteiger partial charge in [-0.2, -0.15) is 0 Å². The van der Waals surface area contributed by atoms with Gasteiger partial charge in [0.2, 0.25) is 5.91 Å². The Kier molecular flexibility index (Phi) is 10.2. The van der Waals surface area contributed by atoms with Gasteiger partial charge in [-0.1, -0.05) is 49.9 Å². The lowest BCUT2D eigenvalue weighted by Crippen LogP contribution is -2.46. The molecule has 1 aliphatic heterocycles. The van der Waals surface area contributed by atoms with Crippen molar-refractivity contribution in [1.29, 1.82) is 0 Å². The van der Waals surface area contributed by atoms with Crippen LogP contribution in [0.4, 0.5) is 39.2 Å². The molecule has 3 N–H and O–H groups in total. The Bertz CT molecular complexity index is 1620. The van der Waals surface area contributed by atoms with E-state index in [2.05, 4.69) is 55.3 Å². The van der Waals surface area contributed by atoms with Crippen LogP contribution in [0.5, 0.6) is 5.75 Å². The van der Waals surface area contributed by atoms with E-state index in [0.717, 1.165) is 49.7 Å². The number of rotatable bonds is 11. The van der Waals surface area contributed by atoms with Crippen molar-refractivity contribution in [3.8, 4) is 5.75 Å². The van der Waals surface area contributed by atoms with Crippen LogP contribution >= 0.6 is 0 Å². The van der Waals surface area contributed by atoms with Gasteiger partial charge in [0.25, 0.3) is 0 Å². The Labute approximate surface area is 263 Å². The Hall–Kier alpha value is -5.42. The highest BCUT2D eigenvalue weighted by atomic mass is 16.5. The van der Waals surface area contributed by atoms with Gasteiger partial charge in [-0.3, -0.25) is 4.79 Å². The molecule has 0 unspecified atom stereocenters. The van der Waals surface area contributed by atoms with Gasteiger partial charge < -0.3 is 30.5 Å². The van der Waals surface area contributed by atoms with Crippen LogP contribution in [0.1, 0.15) is 12.5 Å². The van der Waals surface area contributed by atoms with Gasteiger partial charge in [0, 0.05) is 56.2 Å². The number of nitrogens with zero attached hydrogens (tertiary/aromatic N) is 5. The number of carbonyl (C=O) groups excluding carboxylic acids is 2. The molecule has 1 aliphatic rings. The highest BCUT2D eigenvalue weighted by Gasteiger charge is 2.22. The molecule has 45 heavy (non-hydrogen) atoms. The summed E-state index contributed by atoms with van der Waals surface area (Å²) < 4.78 is 5.75. The molecule has 0 radical (unpaired) electrons. The highest BCUT2D eigenvalue weighted by Crippen LogP contribution is 2.33. The number of piperazine rings is 1. The number of methoxy groups -OCH3 is 1. The largest absolute Gasteiger partial charge is 0.494 e. The Morgan fingerprint density at radius 3 is 2.51 bits per heavy atom. The normalized spacial score (nSPS) is 13.1. The minimum Gasteiger partial charge on any atom is -0.494 e. The van der Waals surface area contributed by atoms with Crippen LogP contribution in [0.25, 0.3) is 0 Å². The molecule has 2 heterocycles. The summed E-state index contributed by atoms with van der Waals surface area (Å²) in [6.07, 6.45) is 2.58. The van der Waals surface area contributed by atoms with Crippen molar-refractivity contribution in [3.05, 3.63) is 103 Å². The van der Waals surface area contributed by atoms with Crippen LogP contribution < -0.4 is 30.5 Å². The number of hydrogen-bond donors (Lipinski definition) is 3. The van der Waals surface area contributed by atoms with E-state index in [9.17, 15) is 9.59 Å². The molecule has 232 valence electrons. The van der Waals surface area contributed by atoms with Crippen LogP contribution in [-0.2, 0) is 11.3 Å². The zero-order valence-corrected chi connectivity index (χ0v) is 25.6. The summed E-state index contributed by atoms with van der Waals surface area (Å²) in [6, 6.07) is 23.9. The second-order valence-electron chi connectivity index (χ2n) is 10.4. The summed E-state index contributed by atoms with van der Waals surface area (Å²) in [7, 11) is 1.64. The van der Waals surface area contributed by atoms with E-state index in [1.54, 1.807) is 37.4 Å². The van der Waals surface area contributed by atoms with E-state index >= 15 is 0 Å². The van der Waals surface area contributed by atoms with Gasteiger partial charge >= 0.3 is 6.03 Å². The maximum Gasteiger partial charge on any atom is 0.327 e. The monoisotopic (exact) mass is 606 g/mol. The first-order valence-corrected chi connectivity index (χ1v) is 14.9. The predicted octanol–water partition coefficient (Wildman–Crippen LogP) is 5.54. The summed E-state index contributed by atoms with van der Waals surface area (Å²) in [4.78, 5) is 40.8. The van der Waals surface area contributed by atoms with E-state index in [1.807, 2.05) is 42.5 Å². The van der Waals surface area contributed by atoms with E-state index in [4.69, 9.17) is 4.74 Å². The number of nitrogens with one attached hydrogen (secondary N) is 3. The fraction of sp³-hybridized carbons (Fsp3) is 0.235. The Morgan fingerprint density at radius 1 is 0.978 bits per heavy atom. The number of benzene rings is 3. The third-order valence-electron chi connectivity index (χ3n) is 7.56. The van der Waals surface area contributed by atoms with Crippen LogP contribution in [0, 0.1) is 0 Å². The van der Waals surface area contributed by atoms with Crippen molar-refractivity contribution in [3.63, 3.8) is 0 Å². The Balaban J connectivity index is 1.41. The third kappa shape index (κ3) is 7.95. The SMILES string of the molecule is C=CC(=O)Nc1cccc(N(C(=O)NCc2ccccc2)c2cc(Nc3ccc(N4CCN(CC)CC4)cc3OC)ncn2)c1. The highest BCUT2D eigenvalue weighted by molar-refractivity contribution is 6.01. The number of aromatic nitrogens is 2. The number of ether oxygens (including phenoxy) is 1. The molecular formula is C34H38N8O3. The molecule has 11 nitrogen and oxygen atoms in total. The number of likely N-dealkylation sites (N-methyl/N-ethyl adjacent to an activating group) is 1. The molecule has 0 aliphatic carbocycles. The van der Waals surface area contributed by atoms with Crippen LogP contribution in [0.15, 0.2) is 97.8 Å². The minimum absolute atomic E-state index is 0.316. The van der Waals surface area contributed by atoms with Gasteiger partial charge in [-0.25, -0.2) is 19.7 Å². The molecule has 1 aromatic heterocycles. The summed E-state index contributed by atoms with van der Waals surface area (Å²) in [5, 5.41) is 9.05. The first kappa shape index (κ1) is 31.0. The van der Waals surface area contributed by atoms with Crippen molar-refractivity contribution in [2.45, 2.75) is 13.5 Å². The molecule has 11 heteroatoms. The van der Waals surface area contributed by atoms with Crippen LogP contribution in [0.3, 0.4) is 0 Å². The second-order valence-corrected chi connectivity index (χ2v) is 10.4. The maximum absolute atomic E-state index is 13.7. The van der Waals surface area contributed by atoms with Crippen molar-refractivity contribution in [2.75, 3.05) is 60.3 Å². The fourth-order valence-corrected chi connectivity index (χ4v) is 5.10. The lowest BCUT2D eigenvalue weighted by molar-refractivity contribution is -0.111. The molecule has 3 amide bonds. The van der Waals surface area contributed by atoms with Gasteiger partial charge in [-0.05, 0) is 48.5 Å². The average molecular weight is 607 g/mol. The standard InChI is InChI=1S/C34H38N8O3/c1-4-33(43)38-26-12-9-13-28(20-26)42(34(44)35-23-25-10-7-6-8-11-25)32-22-31(36-24-37-32)39-29-15-14-27(21-30(29)45-3)41-18-16-40(5-2)17-19-41/h4,6-15,20-22,24H,1,5,16-19,23H2,2-3H3,(H,35,44)(H,38,43)(H,36,37,39). The van der Waals surface area contributed by atoms with Crippen molar-refractivity contribution in [2.24, 2.45) is 0 Å². The first-order chi connectivity index (χ1) is 22.0. The van der Waals surface area contributed by atoms with Gasteiger partial charge in [-0.15, -0.1) is 0 Å². The number of carbonyl (C=O) groups is 2. The summed E-state index contributed by atoms with van der Waals surface area (Å²) in [6.45, 7) is 11.1. The predicted molar refractivity (Wildman–Crippen MR) is 179 cm³/mol. The maximum atomic E-state index is 13.7. The lowest BCUT2D eigenvalue weighted by Gasteiger charge is -2.35. The van der Waals surface area contributed by atoms with E-state index in [-0.39, 0.29) is 5.91 Å². The van der Waals surface area contributed by atoms with Crippen molar-refractivity contribution >= 4 is 46.3 Å². The van der Waals surface area contributed by atoms with Crippen LogP contribution in [-0.4, -0.2) is 66.6 Å². The van der Waals surface area contributed by atoms with Gasteiger partial charge in [0.1, 0.15) is 23.7 Å². The molecule has 1 saturated heterocycles. The molecule has 0 saturated carbocycles. The quantitative estimate of drug-likeness (QED) is 0.191. The number of hydrogen-bond acceptors (Lipinski definition) is 8. The molecule has 0 spiro atoms. The van der Waals surface area contributed by atoms with Crippen molar-refractivity contribution in [1.82, 2.24) is 20.2 Å². The second kappa shape index (κ2) is 14.8. The Morgan fingerprint density at radius 2 is 1.78 bits per heavy atom. The third-order valence-corrected chi connectivity index (χ3v) is 7.56. The zero-order valence-electron chi connectivity index (χ0n) is 25.6. The summed E-state index contributed by atoms with van der Waals surface area (Å²) in [5.74, 6) is 1.12. The zero-order chi connectivity index (χ0) is 31.6. The average Bonchev–Trinajstić information content (AvgIpc) is 3.08. The summed E-state index contributed by atoms with van der Waals surface area (Å²) in [5.41, 5.74) is 3.78. The van der Waals surface area contributed by atoms with Crippen LogP contribution in [0.2, 0.25) is 0 Å². The number of urea groups is 1. The summed E-state index contributed by atoms with van der Waals surface area (Å²) >= 11 is 0. The number of amides is 3. The topological polar surface area (TPSA) is 115 Å². The molecule has 0 atom stereocenters. The molecular weight excluding hydrogens is 568 g/mol. The fourth-order valence-electron chi connectivity index (χ4n) is 5.10. The van der Waals surface area contributed by atoms with Gasteiger partial charge in [0.05, 0.1) is 18.5 Å². The lowest BCUT2D eigenvalue weighted by atomic mass is 10.2. The molecule has 0 bridgehead atoms. The smallest absolute Gasteiger partial charge is 0.327 e. The minimum atomic E-state index is -0.402.